The lowest BCUT2D eigenvalue weighted by Gasteiger charge is -2.31. The number of aliphatic hydroxyl groups excluding tert-OH is 1. The molecular weight excluding hydrogens is 375 g/mol. The molecule has 0 bridgehead atoms. The van der Waals surface area contributed by atoms with Gasteiger partial charge in [0.15, 0.2) is 18.6 Å². The number of aliphatic hydroxyl groups is 1. The summed E-state index contributed by atoms with van der Waals surface area (Å²) in [5, 5.41) is 12.4. The van der Waals surface area contributed by atoms with E-state index in [0.29, 0.717) is 27.7 Å². The molecule has 0 aromatic heterocycles. The molecule has 144 valence electrons. The summed E-state index contributed by atoms with van der Waals surface area (Å²) in [5.74, 6) is 0.220. The molecule has 0 fully saturated rings. The molecule has 1 N–H and O–H groups in total. The number of methoxy groups -OCH3 is 1. The van der Waals surface area contributed by atoms with Gasteiger partial charge in [0.2, 0.25) is 6.79 Å². The largest absolute Gasteiger partial charge is 0.454 e. The number of hydrogen-bond donors (Lipinski definition) is 1. The van der Waals surface area contributed by atoms with Crippen molar-refractivity contribution in [3.05, 3.63) is 84.4 Å². The van der Waals surface area contributed by atoms with Gasteiger partial charge in [-0.2, -0.15) is 0 Å². The molecule has 1 heterocycles. The minimum atomic E-state index is -3.32. The van der Waals surface area contributed by atoms with E-state index in [1.54, 1.807) is 18.2 Å². The van der Waals surface area contributed by atoms with Crippen LogP contribution in [0.5, 0.6) is 11.5 Å². The lowest BCUT2D eigenvalue weighted by molar-refractivity contribution is 0.0353. The van der Waals surface area contributed by atoms with Crippen LogP contribution in [0.25, 0.3) is 0 Å². The van der Waals surface area contributed by atoms with Gasteiger partial charge >= 0.3 is 0 Å². The van der Waals surface area contributed by atoms with Crippen molar-refractivity contribution < 1.29 is 23.9 Å². The quantitative estimate of drug-likeness (QED) is 0.647. The van der Waals surface area contributed by atoms with Crippen LogP contribution < -0.4 is 20.1 Å². The fraction of sp³-hybridized carbons (Fsp3) is 0.182. The summed E-state index contributed by atoms with van der Waals surface area (Å²) in [5.41, 5.74) is 0.559. The number of fused-ring (bicyclic) bond motifs is 1. The molecule has 6 heteroatoms. The van der Waals surface area contributed by atoms with E-state index in [1.807, 2.05) is 60.7 Å². The zero-order valence-corrected chi connectivity index (χ0v) is 16.3. The first-order valence-corrected chi connectivity index (χ1v) is 10.7. The van der Waals surface area contributed by atoms with Gasteiger partial charge in [-0.3, -0.25) is 0 Å². The van der Waals surface area contributed by atoms with Crippen LogP contribution in [-0.2, 0) is 9.30 Å². The van der Waals surface area contributed by atoms with Gasteiger partial charge in [0.25, 0.3) is 0 Å². The van der Waals surface area contributed by atoms with Crippen molar-refractivity contribution in [2.75, 3.05) is 13.9 Å². The molecule has 28 heavy (non-hydrogen) atoms. The summed E-state index contributed by atoms with van der Waals surface area (Å²) in [7, 11) is -1.85. The Morgan fingerprint density at radius 3 is 2.04 bits per heavy atom. The minimum Gasteiger partial charge on any atom is -0.454 e. The molecule has 0 saturated carbocycles. The van der Waals surface area contributed by atoms with Crippen LogP contribution in [-0.4, -0.2) is 24.9 Å². The highest BCUT2D eigenvalue weighted by molar-refractivity contribution is 7.79. The van der Waals surface area contributed by atoms with E-state index < -0.39 is 19.1 Å². The van der Waals surface area contributed by atoms with Crippen LogP contribution >= 0.6 is 7.14 Å². The van der Waals surface area contributed by atoms with Gasteiger partial charge in [-0.25, -0.2) is 0 Å². The molecule has 1 aliphatic rings. The molecule has 3 aromatic rings. The third kappa shape index (κ3) is 3.22. The highest BCUT2D eigenvalue weighted by Gasteiger charge is 2.42. The van der Waals surface area contributed by atoms with E-state index in [2.05, 4.69) is 0 Å². The Bertz CT molecular complexity index is 947. The van der Waals surface area contributed by atoms with Crippen molar-refractivity contribution in [2.45, 2.75) is 11.9 Å². The summed E-state index contributed by atoms with van der Waals surface area (Å²) in [6, 6.07) is 23.5. The highest BCUT2D eigenvalue weighted by atomic mass is 31.2. The maximum absolute atomic E-state index is 14.5. The van der Waals surface area contributed by atoms with Gasteiger partial charge in [-0.1, -0.05) is 66.7 Å². The Hall–Kier alpha value is -2.59. The molecule has 0 radical (unpaired) electrons. The predicted molar refractivity (Wildman–Crippen MR) is 108 cm³/mol. The van der Waals surface area contributed by atoms with Crippen LogP contribution in [0.2, 0.25) is 0 Å². The van der Waals surface area contributed by atoms with Crippen LogP contribution in [0.4, 0.5) is 0 Å². The first kappa shape index (κ1) is 18.8. The van der Waals surface area contributed by atoms with Gasteiger partial charge in [-0.15, -0.1) is 0 Å². The Morgan fingerprint density at radius 1 is 0.893 bits per heavy atom. The summed E-state index contributed by atoms with van der Waals surface area (Å²) in [4.78, 5) is 0. The Balaban J connectivity index is 1.81. The van der Waals surface area contributed by atoms with E-state index in [0.717, 1.165) is 0 Å². The monoisotopic (exact) mass is 396 g/mol. The molecule has 0 aliphatic carbocycles. The summed E-state index contributed by atoms with van der Waals surface area (Å²) < 4.78 is 30.9. The molecule has 3 aromatic carbocycles. The number of rotatable bonds is 6. The maximum Gasteiger partial charge on any atom is 0.231 e. The number of ether oxygens (including phenoxy) is 3. The molecule has 2 atom stereocenters. The average molecular weight is 396 g/mol. The second-order valence-corrected chi connectivity index (χ2v) is 9.37. The molecular formula is C22H21O5P. The molecule has 0 amide bonds. The molecule has 0 unspecified atom stereocenters. The summed E-state index contributed by atoms with van der Waals surface area (Å²) in [6.45, 7) is 0.148. The van der Waals surface area contributed by atoms with E-state index in [4.69, 9.17) is 14.2 Å². The average Bonchev–Trinajstić information content (AvgIpc) is 3.23. The Labute approximate surface area is 163 Å². The lowest BCUT2D eigenvalue weighted by atomic mass is 10.1. The standard InChI is InChI=1S/C22H21O5P/c1-25-22(21(23)16-12-13-19-20(14-16)27-15-26-19)28(24,17-8-4-2-5-9-17)18-10-6-3-7-11-18/h2-14,21-23H,15H2,1H3/t21-,22-/m0/s1. The van der Waals surface area contributed by atoms with Crippen molar-refractivity contribution in [3.63, 3.8) is 0 Å². The number of benzene rings is 3. The van der Waals surface area contributed by atoms with Crippen LogP contribution in [0.1, 0.15) is 11.7 Å². The molecule has 1 aliphatic heterocycles. The number of hydrogen-bond acceptors (Lipinski definition) is 5. The fourth-order valence-corrected chi connectivity index (χ4v) is 6.46. The van der Waals surface area contributed by atoms with Crippen molar-refractivity contribution in [3.8, 4) is 11.5 Å². The van der Waals surface area contributed by atoms with Gasteiger partial charge in [-0.05, 0) is 17.7 Å². The van der Waals surface area contributed by atoms with Gasteiger partial charge in [0.05, 0.1) is 0 Å². The second-order valence-electron chi connectivity index (χ2n) is 6.51. The third-order valence-electron chi connectivity index (χ3n) is 4.89. The maximum atomic E-state index is 14.5. The smallest absolute Gasteiger partial charge is 0.231 e. The Morgan fingerprint density at radius 2 is 1.46 bits per heavy atom. The van der Waals surface area contributed by atoms with Gasteiger partial charge in [0, 0.05) is 17.7 Å². The summed E-state index contributed by atoms with van der Waals surface area (Å²) in [6.07, 6.45) is -1.12. The Kier molecular flexibility index (Phi) is 5.23. The lowest BCUT2D eigenvalue weighted by Crippen LogP contribution is -2.31. The highest BCUT2D eigenvalue weighted by Crippen LogP contribution is 2.53. The molecule has 4 rings (SSSR count). The zero-order valence-electron chi connectivity index (χ0n) is 15.4. The molecule has 5 nitrogen and oxygen atoms in total. The first-order valence-electron chi connectivity index (χ1n) is 8.96. The van der Waals surface area contributed by atoms with Crippen LogP contribution in [0, 0.1) is 0 Å². The van der Waals surface area contributed by atoms with Crippen molar-refractivity contribution in [1.29, 1.82) is 0 Å². The summed E-state index contributed by atoms with van der Waals surface area (Å²) >= 11 is 0. The van der Waals surface area contributed by atoms with Crippen molar-refractivity contribution in [2.24, 2.45) is 0 Å². The van der Waals surface area contributed by atoms with Crippen molar-refractivity contribution in [1.82, 2.24) is 0 Å². The van der Waals surface area contributed by atoms with E-state index in [1.165, 1.54) is 7.11 Å². The van der Waals surface area contributed by atoms with Gasteiger partial charge < -0.3 is 23.9 Å². The third-order valence-corrected chi connectivity index (χ3v) is 8.23. The van der Waals surface area contributed by atoms with Crippen LogP contribution in [0.15, 0.2) is 78.9 Å². The first-order chi connectivity index (χ1) is 13.6. The minimum absolute atomic E-state index is 0.148. The second kappa shape index (κ2) is 7.80. The van der Waals surface area contributed by atoms with E-state index >= 15 is 0 Å². The van der Waals surface area contributed by atoms with Crippen molar-refractivity contribution >= 4 is 17.8 Å². The normalized spacial score (nSPS) is 15.2. The SMILES string of the molecule is CO[C@H]([C@@H](O)c1ccc2c(c1)OCO2)P(=O)(c1ccccc1)c1ccccc1. The fourth-order valence-electron chi connectivity index (χ4n) is 3.48. The zero-order chi connectivity index (χ0) is 19.6. The topological polar surface area (TPSA) is 65.0 Å². The van der Waals surface area contributed by atoms with Gasteiger partial charge in [0.1, 0.15) is 11.9 Å². The van der Waals surface area contributed by atoms with E-state index in [9.17, 15) is 9.67 Å². The molecule has 0 spiro atoms. The van der Waals surface area contributed by atoms with Crippen LogP contribution in [0.3, 0.4) is 0 Å². The predicted octanol–water partition coefficient (Wildman–Crippen LogP) is 3.44. The molecule has 0 saturated heterocycles. The van der Waals surface area contributed by atoms with E-state index in [-0.39, 0.29) is 6.79 Å².